The number of carbonyl (C=O) groups is 1. The quantitative estimate of drug-likeness (QED) is 0.816. The number of hydrogen-bond acceptors (Lipinski definition) is 4. The maximum absolute atomic E-state index is 12.6. The molecular weight excluding hydrogens is 316 g/mol. The zero-order valence-corrected chi connectivity index (χ0v) is 14.7. The summed E-state index contributed by atoms with van der Waals surface area (Å²) in [6, 6.07) is 6.28. The maximum atomic E-state index is 12.6. The normalized spacial score (nSPS) is 19.1. The van der Waals surface area contributed by atoms with E-state index in [0.717, 1.165) is 0 Å². The van der Waals surface area contributed by atoms with Crippen molar-refractivity contribution < 1.29 is 17.9 Å². The van der Waals surface area contributed by atoms with Crippen LogP contribution in [0.15, 0.2) is 29.2 Å². The lowest BCUT2D eigenvalue weighted by molar-refractivity contribution is -0.0124. The molecule has 2 rings (SSSR count). The molecule has 0 bridgehead atoms. The SMILES string of the molecule is CCN(CC)S(=O)(=O)c1cccc(C(=O)N2CCOC(C)C2)c1. The van der Waals surface area contributed by atoms with Crippen LogP contribution in [0.25, 0.3) is 0 Å². The summed E-state index contributed by atoms with van der Waals surface area (Å²) in [4.78, 5) is 14.5. The smallest absolute Gasteiger partial charge is 0.254 e. The Hall–Kier alpha value is -1.44. The van der Waals surface area contributed by atoms with E-state index in [1.807, 2.05) is 6.92 Å². The fourth-order valence-corrected chi connectivity index (χ4v) is 4.19. The van der Waals surface area contributed by atoms with Crippen molar-refractivity contribution in [1.82, 2.24) is 9.21 Å². The van der Waals surface area contributed by atoms with E-state index in [1.54, 1.807) is 30.9 Å². The average molecular weight is 340 g/mol. The molecule has 0 spiro atoms. The van der Waals surface area contributed by atoms with Crippen molar-refractivity contribution in [1.29, 1.82) is 0 Å². The summed E-state index contributed by atoms with van der Waals surface area (Å²) in [7, 11) is -3.56. The van der Waals surface area contributed by atoms with E-state index in [9.17, 15) is 13.2 Å². The van der Waals surface area contributed by atoms with Crippen molar-refractivity contribution in [2.45, 2.75) is 31.8 Å². The molecule has 1 atom stereocenters. The van der Waals surface area contributed by atoms with E-state index in [0.29, 0.717) is 38.3 Å². The first-order chi connectivity index (χ1) is 10.9. The number of carbonyl (C=O) groups excluding carboxylic acids is 1. The molecule has 128 valence electrons. The predicted octanol–water partition coefficient (Wildman–Crippen LogP) is 1.58. The van der Waals surface area contributed by atoms with Gasteiger partial charge in [-0.15, -0.1) is 0 Å². The van der Waals surface area contributed by atoms with Gasteiger partial charge in [0, 0.05) is 31.7 Å². The molecule has 1 heterocycles. The van der Waals surface area contributed by atoms with Crippen LogP contribution in [0.3, 0.4) is 0 Å². The molecule has 1 saturated heterocycles. The van der Waals surface area contributed by atoms with Gasteiger partial charge in [-0.25, -0.2) is 8.42 Å². The molecule has 0 saturated carbocycles. The first-order valence-corrected chi connectivity index (χ1v) is 9.35. The van der Waals surface area contributed by atoms with E-state index in [2.05, 4.69) is 0 Å². The fourth-order valence-electron chi connectivity index (χ4n) is 2.69. The highest BCUT2D eigenvalue weighted by Gasteiger charge is 2.25. The Balaban J connectivity index is 2.27. The van der Waals surface area contributed by atoms with Crippen LogP contribution >= 0.6 is 0 Å². The maximum Gasteiger partial charge on any atom is 0.254 e. The van der Waals surface area contributed by atoms with Crippen molar-refractivity contribution in [3.63, 3.8) is 0 Å². The third kappa shape index (κ3) is 3.91. The Morgan fingerprint density at radius 2 is 2.04 bits per heavy atom. The Bertz CT molecular complexity index is 656. The van der Waals surface area contributed by atoms with Gasteiger partial charge in [0.05, 0.1) is 17.6 Å². The van der Waals surface area contributed by atoms with Crippen molar-refractivity contribution in [2.75, 3.05) is 32.8 Å². The molecule has 1 amide bonds. The summed E-state index contributed by atoms with van der Waals surface area (Å²) >= 11 is 0. The molecule has 23 heavy (non-hydrogen) atoms. The summed E-state index contributed by atoms with van der Waals surface area (Å²) in [5.41, 5.74) is 0.396. The highest BCUT2D eigenvalue weighted by molar-refractivity contribution is 7.89. The summed E-state index contributed by atoms with van der Waals surface area (Å²) in [5.74, 6) is -0.156. The summed E-state index contributed by atoms with van der Waals surface area (Å²) in [6.07, 6.45) is -0.00436. The number of rotatable bonds is 5. The van der Waals surface area contributed by atoms with Crippen LogP contribution in [0, 0.1) is 0 Å². The summed E-state index contributed by atoms with van der Waals surface area (Å²) < 4.78 is 32.0. The molecule has 0 aliphatic carbocycles. The molecule has 1 unspecified atom stereocenters. The molecule has 1 aliphatic rings. The number of morpholine rings is 1. The monoisotopic (exact) mass is 340 g/mol. The molecule has 0 aromatic heterocycles. The largest absolute Gasteiger partial charge is 0.375 e. The van der Waals surface area contributed by atoms with E-state index in [-0.39, 0.29) is 16.9 Å². The minimum Gasteiger partial charge on any atom is -0.375 e. The molecule has 0 radical (unpaired) electrons. The predicted molar refractivity (Wildman–Crippen MR) is 87.9 cm³/mol. The van der Waals surface area contributed by atoms with Crippen LogP contribution in [0.4, 0.5) is 0 Å². The molecule has 1 aliphatic heterocycles. The second-order valence-electron chi connectivity index (χ2n) is 5.55. The zero-order chi connectivity index (χ0) is 17.0. The second kappa shape index (κ2) is 7.42. The highest BCUT2D eigenvalue weighted by Crippen LogP contribution is 2.18. The number of amides is 1. The van der Waals surface area contributed by atoms with Gasteiger partial charge in [-0.05, 0) is 25.1 Å². The topological polar surface area (TPSA) is 66.9 Å². The standard InChI is InChI=1S/C16H24N2O4S/c1-4-18(5-2)23(20,21)15-8-6-7-14(11-15)16(19)17-9-10-22-13(3)12-17/h6-8,11,13H,4-5,9-10,12H2,1-3H3. The Labute approximate surface area is 138 Å². The number of nitrogens with zero attached hydrogens (tertiary/aromatic N) is 2. The number of sulfonamides is 1. The Morgan fingerprint density at radius 3 is 2.65 bits per heavy atom. The summed E-state index contributed by atoms with van der Waals surface area (Å²) in [6.45, 7) is 7.86. The lowest BCUT2D eigenvalue weighted by Gasteiger charge is -2.31. The second-order valence-corrected chi connectivity index (χ2v) is 7.49. The van der Waals surface area contributed by atoms with Crippen LogP contribution in [0.2, 0.25) is 0 Å². The van der Waals surface area contributed by atoms with Crippen LogP contribution in [-0.2, 0) is 14.8 Å². The Kier molecular flexibility index (Phi) is 5.78. The van der Waals surface area contributed by atoms with Crippen molar-refractivity contribution >= 4 is 15.9 Å². The lowest BCUT2D eigenvalue weighted by atomic mass is 10.2. The van der Waals surface area contributed by atoms with Crippen molar-refractivity contribution in [2.24, 2.45) is 0 Å². The number of hydrogen-bond donors (Lipinski definition) is 0. The molecule has 1 aromatic rings. The van der Waals surface area contributed by atoms with E-state index in [1.165, 1.54) is 16.4 Å². The van der Waals surface area contributed by atoms with Crippen molar-refractivity contribution in [3.05, 3.63) is 29.8 Å². The molecule has 7 heteroatoms. The third-order valence-electron chi connectivity index (χ3n) is 3.95. The van der Waals surface area contributed by atoms with E-state index < -0.39 is 10.0 Å². The van der Waals surface area contributed by atoms with Gasteiger partial charge >= 0.3 is 0 Å². The highest BCUT2D eigenvalue weighted by atomic mass is 32.2. The van der Waals surface area contributed by atoms with Crippen LogP contribution in [-0.4, -0.2) is 62.4 Å². The van der Waals surface area contributed by atoms with Gasteiger partial charge in [-0.1, -0.05) is 19.9 Å². The number of benzene rings is 1. The van der Waals surface area contributed by atoms with Crippen LogP contribution < -0.4 is 0 Å². The molecule has 6 nitrogen and oxygen atoms in total. The van der Waals surface area contributed by atoms with Gasteiger partial charge < -0.3 is 9.64 Å². The van der Waals surface area contributed by atoms with Gasteiger partial charge in [0.25, 0.3) is 5.91 Å². The number of ether oxygens (including phenoxy) is 1. The van der Waals surface area contributed by atoms with Gasteiger partial charge in [-0.3, -0.25) is 4.79 Å². The molecule has 1 aromatic carbocycles. The first-order valence-electron chi connectivity index (χ1n) is 7.91. The average Bonchev–Trinajstić information content (AvgIpc) is 2.55. The van der Waals surface area contributed by atoms with Crippen molar-refractivity contribution in [3.8, 4) is 0 Å². The van der Waals surface area contributed by atoms with E-state index >= 15 is 0 Å². The Morgan fingerprint density at radius 1 is 1.35 bits per heavy atom. The molecular formula is C16H24N2O4S. The van der Waals surface area contributed by atoms with Crippen LogP contribution in [0.1, 0.15) is 31.1 Å². The minimum atomic E-state index is -3.56. The third-order valence-corrected chi connectivity index (χ3v) is 6.00. The lowest BCUT2D eigenvalue weighted by Crippen LogP contribution is -2.44. The van der Waals surface area contributed by atoms with Gasteiger partial charge in [-0.2, -0.15) is 4.31 Å². The fraction of sp³-hybridized carbons (Fsp3) is 0.562. The molecule has 0 N–H and O–H groups in total. The van der Waals surface area contributed by atoms with E-state index in [4.69, 9.17) is 4.74 Å². The summed E-state index contributed by atoms with van der Waals surface area (Å²) in [5, 5.41) is 0. The first kappa shape index (κ1) is 17.9. The minimum absolute atomic E-state index is 0.00436. The van der Waals surface area contributed by atoms with Gasteiger partial charge in [0.1, 0.15) is 0 Å². The zero-order valence-electron chi connectivity index (χ0n) is 13.9. The van der Waals surface area contributed by atoms with Crippen LogP contribution in [0.5, 0.6) is 0 Å². The van der Waals surface area contributed by atoms with Gasteiger partial charge in [0.2, 0.25) is 10.0 Å². The van der Waals surface area contributed by atoms with Gasteiger partial charge in [0.15, 0.2) is 0 Å². The molecule has 1 fully saturated rings.